The lowest BCUT2D eigenvalue weighted by Crippen LogP contribution is -2.44. The van der Waals surface area contributed by atoms with Crippen LogP contribution in [0.5, 0.6) is 5.75 Å². The molecule has 6 nitrogen and oxygen atoms in total. The van der Waals surface area contributed by atoms with Crippen molar-refractivity contribution in [3.8, 4) is 17.6 Å². The van der Waals surface area contributed by atoms with Crippen LogP contribution in [0.2, 0.25) is 5.02 Å². The molecule has 0 bridgehead atoms. The van der Waals surface area contributed by atoms with E-state index in [1.54, 1.807) is 25.3 Å². The number of methoxy groups -OCH3 is 1. The molecule has 1 fully saturated rings. The fourth-order valence-electron chi connectivity index (χ4n) is 4.88. The number of hydrogen-bond donors (Lipinski definition) is 2. The summed E-state index contributed by atoms with van der Waals surface area (Å²) in [6.07, 6.45) is 1.86. The van der Waals surface area contributed by atoms with E-state index in [1.165, 1.54) is 6.20 Å². The molecule has 200 valence electrons. The Balaban J connectivity index is 1.42. The first kappa shape index (κ1) is 27.7. The predicted molar refractivity (Wildman–Crippen MR) is 136 cm³/mol. The summed E-state index contributed by atoms with van der Waals surface area (Å²) in [6.45, 7) is 0.868. The smallest absolute Gasteiger partial charge is 0.308 e. The summed E-state index contributed by atoms with van der Waals surface area (Å²) < 4.78 is 45.8. The molecule has 0 aliphatic carbocycles. The second-order valence-corrected chi connectivity index (χ2v) is 9.68. The van der Waals surface area contributed by atoms with Gasteiger partial charge in [0, 0.05) is 29.8 Å². The summed E-state index contributed by atoms with van der Waals surface area (Å²) in [6, 6.07) is 6.57. The number of hydrogen-bond acceptors (Lipinski definition) is 5. The van der Waals surface area contributed by atoms with Gasteiger partial charge in [0.15, 0.2) is 11.6 Å². The average Bonchev–Trinajstić information content (AvgIpc) is 2.89. The van der Waals surface area contributed by atoms with Crippen molar-refractivity contribution in [2.45, 2.75) is 25.4 Å². The van der Waals surface area contributed by atoms with E-state index in [-0.39, 0.29) is 24.6 Å². The second-order valence-electron chi connectivity index (χ2n) is 9.28. The Morgan fingerprint density at radius 1 is 1.29 bits per heavy atom. The fourth-order valence-corrected chi connectivity index (χ4v) is 5.16. The molecule has 3 atom stereocenters. The molecular weight excluding hydrogens is 521 g/mol. The number of pyridine rings is 1. The number of fused-ring (bicyclic) bond motifs is 1. The van der Waals surface area contributed by atoms with E-state index in [0.717, 1.165) is 6.07 Å². The standard InChI is InChI=1S/C28H26ClF3N2O4/c1-38-19-5-6-24-20(13-19)26(22(29)14-33-24)25(35)7-4-16-8-10-34(15-21(16)28(36)37)9-2-3-17-11-18(30)12-23(31)27(17)32/h5-6,11-14,16,21,25,35H,4,7-10,15H2,1H3,(H,36,37)/t16-,21+,25-/m0/s1. The highest BCUT2D eigenvalue weighted by atomic mass is 35.5. The van der Waals surface area contributed by atoms with Gasteiger partial charge >= 0.3 is 5.97 Å². The van der Waals surface area contributed by atoms with Crippen LogP contribution in [0.1, 0.15) is 36.5 Å². The van der Waals surface area contributed by atoms with Gasteiger partial charge in [0.05, 0.1) is 41.8 Å². The van der Waals surface area contributed by atoms with Crippen molar-refractivity contribution in [1.82, 2.24) is 9.88 Å². The SMILES string of the molecule is COc1ccc2ncc(Cl)c([C@@H](O)CC[C@H]3CCN(CC#Cc4cc(F)cc(F)c4F)C[C@H]3C(=O)O)c2c1. The maximum Gasteiger partial charge on any atom is 0.308 e. The number of nitrogens with zero attached hydrogens (tertiary/aromatic N) is 2. The number of aliphatic hydroxyl groups is 1. The van der Waals surface area contributed by atoms with Gasteiger partial charge in [-0.2, -0.15) is 0 Å². The molecule has 2 heterocycles. The van der Waals surface area contributed by atoms with Crippen LogP contribution in [0.3, 0.4) is 0 Å². The van der Waals surface area contributed by atoms with Gasteiger partial charge < -0.3 is 14.9 Å². The van der Waals surface area contributed by atoms with Crippen LogP contribution >= 0.6 is 11.6 Å². The van der Waals surface area contributed by atoms with Crippen molar-refractivity contribution in [3.05, 3.63) is 70.1 Å². The zero-order valence-corrected chi connectivity index (χ0v) is 21.3. The summed E-state index contributed by atoms with van der Waals surface area (Å²) in [5.41, 5.74) is 0.792. The van der Waals surface area contributed by atoms with Crippen molar-refractivity contribution in [3.63, 3.8) is 0 Å². The number of halogens is 4. The first-order valence-electron chi connectivity index (χ1n) is 12.1. The Kier molecular flexibility index (Phi) is 8.77. The van der Waals surface area contributed by atoms with Crippen molar-refractivity contribution in [2.24, 2.45) is 11.8 Å². The number of ether oxygens (including phenoxy) is 1. The molecule has 0 unspecified atom stereocenters. The Morgan fingerprint density at radius 3 is 2.82 bits per heavy atom. The molecule has 0 radical (unpaired) electrons. The average molecular weight is 547 g/mol. The molecule has 1 saturated heterocycles. The molecule has 0 saturated carbocycles. The fraction of sp³-hybridized carbons (Fsp3) is 0.357. The van der Waals surface area contributed by atoms with Crippen LogP contribution in [-0.2, 0) is 4.79 Å². The zero-order valence-electron chi connectivity index (χ0n) is 20.6. The molecule has 1 aliphatic heterocycles. The van der Waals surface area contributed by atoms with Crippen LogP contribution in [0.25, 0.3) is 10.9 Å². The summed E-state index contributed by atoms with van der Waals surface area (Å²) >= 11 is 6.39. The third kappa shape index (κ3) is 6.21. The highest BCUT2D eigenvalue weighted by Gasteiger charge is 2.34. The summed E-state index contributed by atoms with van der Waals surface area (Å²) in [5.74, 6) is 0.390. The number of rotatable bonds is 7. The maximum atomic E-state index is 13.8. The van der Waals surface area contributed by atoms with Gasteiger partial charge in [-0.15, -0.1) is 0 Å². The molecule has 4 rings (SSSR count). The number of carbonyl (C=O) groups is 1. The van der Waals surface area contributed by atoms with E-state index < -0.39 is 35.4 Å². The third-order valence-corrected chi connectivity index (χ3v) is 7.19. The highest BCUT2D eigenvalue weighted by molar-refractivity contribution is 6.32. The summed E-state index contributed by atoms with van der Waals surface area (Å²) in [7, 11) is 1.54. The number of aliphatic hydroxyl groups excluding tert-OH is 1. The number of carboxylic acid groups (broad SMARTS) is 1. The normalized spacial score (nSPS) is 18.6. The van der Waals surface area contributed by atoms with Crippen molar-refractivity contribution >= 4 is 28.5 Å². The molecule has 38 heavy (non-hydrogen) atoms. The largest absolute Gasteiger partial charge is 0.497 e. The van der Waals surface area contributed by atoms with Gasteiger partial charge in [-0.05, 0) is 56.0 Å². The second kappa shape index (κ2) is 12.0. The number of likely N-dealkylation sites (tertiary alicyclic amines) is 1. The lowest BCUT2D eigenvalue weighted by atomic mass is 9.81. The molecule has 0 spiro atoms. The van der Waals surface area contributed by atoms with Crippen LogP contribution in [0.4, 0.5) is 13.2 Å². The third-order valence-electron chi connectivity index (χ3n) is 6.89. The molecule has 10 heteroatoms. The minimum atomic E-state index is -1.32. The molecule has 2 N–H and O–H groups in total. The minimum absolute atomic E-state index is 0.122. The van der Waals surface area contributed by atoms with Crippen molar-refractivity contribution in [1.29, 1.82) is 0 Å². The number of benzene rings is 2. The van der Waals surface area contributed by atoms with Crippen LogP contribution in [0.15, 0.2) is 36.5 Å². The molecule has 1 aromatic heterocycles. The number of piperidine rings is 1. The van der Waals surface area contributed by atoms with Crippen LogP contribution in [-0.4, -0.2) is 52.8 Å². The van der Waals surface area contributed by atoms with Gasteiger partial charge in [-0.25, -0.2) is 13.2 Å². The molecular formula is C28H26ClF3N2O4. The first-order valence-corrected chi connectivity index (χ1v) is 12.4. The minimum Gasteiger partial charge on any atom is -0.497 e. The van der Waals surface area contributed by atoms with Gasteiger partial charge in [0.2, 0.25) is 0 Å². The Labute approximate surface area is 223 Å². The van der Waals surface area contributed by atoms with Crippen LogP contribution < -0.4 is 4.74 Å². The number of aromatic nitrogens is 1. The van der Waals surface area contributed by atoms with E-state index in [1.807, 2.05) is 4.90 Å². The van der Waals surface area contributed by atoms with E-state index in [4.69, 9.17) is 16.3 Å². The predicted octanol–water partition coefficient (Wildman–Crippen LogP) is 5.20. The van der Waals surface area contributed by atoms with Gasteiger partial charge in [-0.1, -0.05) is 23.4 Å². The summed E-state index contributed by atoms with van der Waals surface area (Å²) in [5, 5.41) is 21.9. The van der Waals surface area contributed by atoms with Gasteiger partial charge in [0.25, 0.3) is 0 Å². The highest BCUT2D eigenvalue weighted by Crippen LogP contribution is 2.36. The van der Waals surface area contributed by atoms with Crippen molar-refractivity contribution in [2.75, 3.05) is 26.7 Å². The molecule has 0 amide bonds. The van der Waals surface area contributed by atoms with Gasteiger partial charge in [0.1, 0.15) is 11.6 Å². The monoisotopic (exact) mass is 546 g/mol. The van der Waals surface area contributed by atoms with E-state index in [0.29, 0.717) is 59.1 Å². The first-order chi connectivity index (χ1) is 18.2. The number of carboxylic acids is 1. The Bertz CT molecular complexity index is 1410. The number of aliphatic carboxylic acids is 1. The lowest BCUT2D eigenvalue weighted by molar-refractivity contribution is -0.146. The lowest BCUT2D eigenvalue weighted by Gasteiger charge is -2.36. The summed E-state index contributed by atoms with van der Waals surface area (Å²) in [4.78, 5) is 18.1. The molecule has 1 aliphatic rings. The van der Waals surface area contributed by atoms with Crippen molar-refractivity contribution < 1.29 is 32.9 Å². The zero-order chi connectivity index (χ0) is 27.4. The van der Waals surface area contributed by atoms with Crippen LogP contribution in [0, 0.1) is 41.1 Å². The topological polar surface area (TPSA) is 82.9 Å². The van der Waals surface area contributed by atoms with E-state index in [9.17, 15) is 28.2 Å². The molecule has 2 aromatic carbocycles. The Morgan fingerprint density at radius 2 is 2.08 bits per heavy atom. The maximum absolute atomic E-state index is 13.8. The van der Waals surface area contributed by atoms with E-state index in [2.05, 4.69) is 16.8 Å². The van der Waals surface area contributed by atoms with E-state index >= 15 is 0 Å². The van der Waals surface area contributed by atoms with Gasteiger partial charge in [-0.3, -0.25) is 14.7 Å². The quantitative estimate of drug-likeness (QED) is 0.313. The molecule has 3 aromatic rings. The Hall–Kier alpha value is -3.32.